The lowest BCUT2D eigenvalue weighted by atomic mass is 9.49. The molecule has 5 heteroatoms. The molecule has 28 heavy (non-hydrogen) atoms. The highest BCUT2D eigenvalue weighted by molar-refractivity contribution is 6.09. The Kier molecular flexibility index (Phi) is 4.22. The van der Waals surface area contributed by atoms with Gasteiger partial charge in [-0.3, -0.25) is 0 Å². The molecule has 6 rings (SSSR count). The number of aliphatic imine (C=N–C) groups is 1. The van der Waals surface area contributed by atoms with Crippen molar-refractivity contribution in [3.63, 3.8) is 0 Å². The van der Waals surface area contributed by atoms with Crippen molar-refractivity contribution in [3.05, 3.63) is 29.5 Å². The van der Waals surface area contributed by atoms with E-state index in [1.165, 1.54) is 19.3 Å². The van der Waals surface area contributed by atoms with Crippen molar-refractivity contribution < 1.29 is 19.0 Å². The van der Waals surface area contributed by atoms with E-state index in [1.807, 2.05) is 25.1 Å². The largest absolute Gasteiger partial charge is 0.493 e. The van der Waals surface area contributed by atoms with Gasteiger partial charge in [-0.05, 0) is 87.0 Å². The van der Waals surface area contributed by atoms with E-state index in [2.05, 4.69) is 0 Å². The number of rotatable bonds is 5. The van der Waals surface area contributed by atoms with Gasteiger partial charge >= 0.3 is 5.97 Å². The number of hydrogen-bond acceptors (Lipinski definition) is 5. The number of methoxy groups -OCH3 is 1. The van der Waals surface area contributed by atoms with Crippen molar-refractivity contribution >= 4 is 17.9 Å². The van der Waals surface area contributed by atoms with Crippen molar-refractivity contribution in [3.8, 4) is 11.5 Å². The monoisotopic (exact) mass is 381 g/mol. The molecule has 4 aliphatic carbocycles. The molecule has 0 spiro atoms. The van der Waals surface area contributed by atoms with E-state index < -0.39 is 0 Å². The summed E-state index contributed by atoms with van der Waals surface area (Å²) >= 11 is 0. The van der Waals surface area contributed by atoms with Gasteiger partial charge in [-0.25, -0.2) is 9.79 Å². The molecule has 1 aromatic carbocycles. The second kappa shape index (κ2) is 6.64. The first-order valence-electron chi connectivity index (χ1n) is 10.4. The van der Waals surface area contributed by atoms with E-state index in [-0.39, 0.29) is 11.4 Å². The average molecular weight is 381 g/mol. The molecule has 1 aromatic rings. The van der Waals surface area contributed by atoms with Crippen LogP contribution in [0.15, 0.2) is 28.9 Å². The Morgan fingerprint density at radius 2 is 1.82 bits per heavy atom. The standard InChI is InChI=1S/C23H27NO4/c1-3-27-19-5-4-14(10-20(19)26-2)9-18-21(25)28-22(24-18)23-11-15-6-16(12-23)8-17(7-15)13-23/h4-5,9-10,15-17H,3,6-8,11-13H2,1-2H3/b18-9+. The molecular formula is C23H27NO4. The van der Waals surface area contributed by atoms with Gasteiger partial charge in [-0.1, -0.05) is 6.07 Å². The van der Waals surface area contributed by atoms with Crippen LogP contribution in [0.25, 0.3) is 6.08 Å². The fourth-order valence-electron chi connectivity index (χ4n) is 6.22. The minimum absolute atomic E-state index is 0.00346. The predicted octanol–water partition coefficient (Wildman–Crippen LogP) is 4.61. The third-order valence-electron chi connectivity index (χ3n) is 6.90. The smallest absolute Gasteiger partial charge is 0.363 e. The maximum absolute atomic E-state index is 12.5. The summed E-state index contributed by atoms with van der Waals surface area (Å²) in [6.45, 7) is 2.51. The van der Waals surface area contributed by atoms with Gasteiger partial charge in [0.25, 0.3) is 0 Å². The topological polar surface area (TPSA) is 57.1 Å². The predicted molar refractivity (Wildman–Crippen MR) is 106 cm³/mol. The first kappa shape index (κ1) is 17.8. The van der Waals surface area contributed by atoms with Crippen LogP contribution in [0.4, 0.5) is 0 Å². The number of carbonyl (C=O) groups is 1. The molecule has 0 saturated heterocycles. The maximum atomic E-state index is 12.5. The second-order valence-electron chi connectivity index (χ2n) is 8.88. The summed E-state index contributed by atoms with van der Waals surface area (Å²) in [6.07, 6.45) is 9.26. The van der Waals surface area contributed by atoms with E-state index in [0.717, 1.165) is 42.6 Å². The third kappa shape index (κ3) is 2.92. The van der Waals surface area contributed by atoms with Crippen LogP contribution in [0.2, 0.25) is 0 Å². The highest BCUT2D eigenvalue weighted by Crippen LogP contribution is 2.61. The molecule has 4 bridgehead atoms. The molecule has 0 amide bonds. The zero-order valence-corrected chi connectivity index (χ0v) is 16.6. The van der Waals surface area contributed by atoms with Gasteiger partial charge < -0.3 is 14.2 Å². The third-order valence-corrected chi connectivity index (χ3v) is 6.90. The number of benzene rings is 1. The van der Waals surface area contributed by atoms with Crippen LogP contribution in [0.3, 0.4) is 0 Å². The zero-order valence-electron chi connectivity index (χ0n) is 16.6. The summed E-state index contributed by atoms with van der Waals surface area (Å²) in [4.78, 5) is 17.2. The number of carbonyl (C=O) groups excluding carboxylic acids is 1. The van der Waals surface area contributed by atoms with Crippen LogP contribution < -0.4 is 9.47 Å². The number of nitrogens with zero attached hydrogens (tertiary/aromatic N) is 1. The summed E-state index contributed by atoms with van der Waals surface area (Å²) < 4.78 is 16.7. The molecule has 0 unspecified atom stereocenters. The normalized spacial score (nSPS) is 34.5. The van der Waals surface area contributed by atoms with E-state index in [4.69, 9.17) is 19.2 Å². The summed E-state index contributed by atoms with van der Waals surface area (Å²) in [5.74, 6) is 4.05. The van der Waals surface area contributed by atoms with Crippen molar-refractivity contribution in [2.45, 2.75) is 45.4 Å². The molecule has 148 valence electrons. The average Bonchev–Trinajstić information content (AvgIpc) is 3.03. The lowest BCUT2D eigenvalue weighted by Crippen LogP contribution is -2.50. The minimum atomic E-state index is -0.335. The highest BCUT2D eigenvalue weighted by atomic mass is 16.6. The lowest BCUT2D eigenvalue weighted by Gasteiger charge is -2.55. The molecule has 5 aliphatic rings. The maximum Gasteiger partial charge on any atom is 0.363 e. The fraction of sp³-hybridized carbons (Fsp3) is 0.565. The molecule has 0 atom stereocenters. The van der Waals surface area contributed by atoms with Gasteiger partial charge in [-0.2, -0.15) is 0 Å². The number of cyclic esters (lactones) is 1. The van der Waals surface area contributed by atoms with E-state index in [9.17, 15) is 4.79 Å². The van der Waals surface area contributed by atoms with E-state index >= 15 is 0 Å². The molecule has 0 N–H and O–H groups in total. The number of hydrogen-bond donors (Lipinski definition) is 0. The van der Waals surface area contributed by atoms with Crippen molar-refractivity contribution in [2.24, 2.45) is 28.2 Å². The summed E-state index contributed by atoms with van der Waals surface area (Å²) in [6, 6.07) is 5.63. The van der Waals surface area contributed by atoms with Crippen LogP contribution in [0, 0.1) is 23.2 Å². The van der Waals surface area contributed by atoms with Crippen LogP contribution in [-0.4, -0.2) is 25.6 Å². The van der Waals surface area contributed by atoms with Gasteiger partial charge in [0.05, 0.1) is 13.7 Å². The van der Waals surface area contributed by atoms with Crippen LogP contribution in [0.1, 0.15) is 51.0 Å². The summed E-state index contributed by atoms with van der Waals surface area (Å²) in [7, 11) is 1.61. The lowest BCUT2D eigenvalue weighted by molar-refractivity contribution is -0.131. The fourth-order valence-corrected chi connectivity index (χ4v) is 6.22. The minimum Gasteiger partial charge on any atom is -0.493 e. The van der Waals surface area contributed by atoms with Gasteiger partial charge in [0.15, 0.2) is 17.2 Å². The Balaban J connectivity index is 1.44. The number of ether oxygens (including phenoxy) is 3. The first-order valence-corrected chi connectivity index (χ1v) is 10.4. The SMILES string of the molecule is CCOc1ccc(/C=C2/N=C(C34CC5CC(CC(C5)C3)C4)OC2=O)cc1OC. The molecule has 0 radical (unpaired) electrons. The highest BCUT2D eigenvalue weighted by Gasteiger charge is 2.55. The Morgan fingerprint density at radius 3 is 2.43 bits per heavy atom. The van der Waals surface area contributed by atoms with Crippen molar-refractivity contribution in [2.75, 3.05) is 13.7 Å². The summed E-state index contributed by atoms with van der Waals surface area (Å²) in [5, 5.41) is 0. The quantitative estimate of drug-likeness (QED) is 0.552. The zero-order chi connectivity index (χ0) is 19.3. The molecule has 5 nitrogen and oxygen atoms in total. The molecule has 1 heterocycles. The Morgan fingerprint density at radius 1 is 1.14 bits per heavy atom. The van der Waals surface area contributed by atoms with Gasteiger partial charge in [0.2, 0.25) is 5.90 Å². The molecular weight excluding hydrogens is 354 g/mol. The van der Waals surface area contributed by atoms with Gasteiger partial charge in [-0.15, -0.1) is 0 Å². The van der Waals surface area contributed by atoms with Gasteiger partial charge in [0, 0.05) is 5.41 Å². The number of esters is 1. The van der Waals surface area contributed by atoms with E-state index in [0.29, 0.717) is 29.7 Å². The van der Waals surface area contributed by atoms with Crippen LogP contribution in [-0.2, 0) is 9.53 Å². The Labute approximate surface area is 165 Å². The molecule has 4 saturated carbocycles. The molecule has 0 aromatic heterocycles. The van der Waals surface area contributed by atoms with Crippen LogP contribution in [0.5, 0.6) is 11.5 Å². The Bertz CT molecular complexity index is 834. The van der Waals surface area contributed by atoms with Crippen LogP contribution >= 0.6 is 0 Å². The van der Waals surface area contributed by atoms with E-state index in [1.54, 1.807) is 13.2 Å². The van der Waals surface area contributed by atoms with Crippen molar-refractivity contribution in [1.82, 2.24) is 0 Å². The first-order chi connectivity index (χ1) is 13.6. The molecule has 1 aliphatic heterocycles. The Hall–Kier alpha value is -2.30. The van der Waals surface area contributed by atoms with Gasteiger partial charge in [0.1, 0.15) is 0 Å². The second-order valence-corrected chi connectivity index (χ2v) is 8.88. The van der Waals surface area contributed by atoms with Crippen molar-refractivity contribution in [1.29, 1.82) is 0 Å². The molecule has 4 fully saturated rings. The summed E-state index contributed by atoms with van der Waals surface area (Å²) in [5.41, 5.74) is 1.23.